The highest BCUT2D eigenvalue weighted by Crippen LogP contribution is 2.17. The molecule has 4 nitrogen and oxygen atoms in total. The Hall–Kier alpha value is -1.65. The molecule has 1 saturated heterocycles. The monoisotopic (exact) mass is 301 g/mol. The summed E-state index contributed by atoms with van der Waals surface area (Å²) in [4.78, 5) is 16.8. The van der Waals surface area contributed by atoms with E-state index in [1.165, 1.54) is 11.1 Å². The maximum absolute atomic E-state index is 12.2. The summed E-state index contributed by atoms with van der Waals surface area (Å²) < 4.78 is 0. The third-order valence-electron chi connectivity index (χ3n) is 4.20. The number of hydrogen-bond donors (Lipinski definition) is 1. The van der Waals surface area contributed by atoms with Gasteiger partial charge in [0.15, 0.2) is 0 Å². The molecule has 1 fully saturated rings. The van der Waals surface area contributed by atoms with Crippen LogP contribution < -0.4 is 5.32 Å². The molecular formula is C18H27N3O. The average molecular weight is 301 g/mol. The molecule has 1 amide bonds. The van der Waals surface area contributed by atoms with Crippen LogP contribution in [0, 0.1) is 13.8 Å². The minimum atomic E-state index is 0.0713. The summed E-state index contributed by atoms with van der Waals surface area (Å²) in [7, 11) is 0. The molecule has 0 saturated carbocycles. The van der Waals surface area contributed by atoms with Crippen molar-refractivity contribution < 1.29 is 4.79 Å². The molecule has 0 unspecified atom stereocenters. The van der Waals surface area contributed by atoms with E-state index in [9.17, 15) is 4.79 Å². The first-order chi connectivity index (χ1) is 10.5. The zero-order chi connectivity index (χ0) is 16.1. The van der Waals surface area contributed by atoms with Crippen LogP contribution in [-0.4, -0.2) is 55.0 Å². The summed E-state index contributed by atoms with van der Waals surface area (Å²) >= 11 is 0. The Bertz CT molecular complexity index is 545. The molecule has 1 aliphatic rings. The minimum absolute atomic E-state index is 0.0713. The van der Waals surface area contributed by atoms with E-state index in [4.69, 9.17) is 0 Å². The predicted octanol–water partition coefficient (Wildman–Crippen LogP) is 2.44. The van der Waals surface area contributed by atoms with Crippen molar-refractivity contribution in [1.29, 1.82) is 0 Å². The van der Waals surface area contributed by atoms with Crippen molar-refractivity contribution in [2.75, 3.05) is 44.6 Å². The normalized spacial score (nSPS) is 16.5. The fourth-order valence-corrected chi connectivity index (χ4v) is 2.77. The molecule has 120 valence electrons. The SMILES string of the molecule is C=C(C)CN1CCN(CC(=O)Nc2cccc(C)c2C)CC1. The Morgan fingerprint density at radius 2 is 1.73 bits per heavy atom. The Balaban J connectivity index is 1.81. The van der Waals surface area contributed by atoms with Crippen LogP contribution >= 0.6 is 0 Å². The van der Waals surface area contributed by atoms with E-state index in [2.05, 4.69) is 41.6 Å². The number of carbonyl (C=O) groups excluding carboxylic acids is 1. The second-order valence-corrected chi connectivity index (χ2v) is 6.31. The lowest BCUT2D eigenvalue weighted by atomic mass is 10.1. The average Bonchev–Trinajstić information content (AvgIpc) is 2.45. The molecule has 1 N–H and O–H groups in total. The molecule has 0 atom stereocenters. The van der Waals surface area contributed by atoms with Gasteiger partial charge in [-0.05, 0) is 38.0 Å². The van der Waals surface area contributed by atoms with Gasteiger partial charge in [0.05, 0.1) is 6.54 Å². The van der Waals surface area contributed by atoms with E-state index in [1.54, 1.807) is 0 Å². The highest BCUT2D eigenvalue weighted by atomic mass is 16.2. The summed E-state index contributed by atoms with van der Waals surface area (Å²) in [5, 5.41) is 3.03. The molecule has 0 radical (unpaired) electrons. The van der Waals surface area contributed by atoms with Crippen LogP contribution in [0.15, 0.2) is 30.4 Å². The summed E-state index contributed by atoms with van der Waals surface area (Å²) in [6.07, 6.45) is 0. The Labute approximate surface area is 133 Å². The third kappa shape index (κ3) is 4.68. The van der Waals surface area contributed by atoms with Crippen molar-refractivity contribution in [3.63, 3.8) is 0 Å². The molecule has 0 spiro atoms. The first-order valence-electron chi connectivity index (χ1n) is 7.91. The van der Waals surface area contributed by atoms with Crippen molar-refractivity contribution in [3.8, 4) is 0 Å². The van der Waals surface area contributed by atoms with Gasteiger partial charge in [0, 0.05) is 38.4 Å². The van der Waals surface area contributed by atoms with Crippen LogP contribution in [0.2, 0.25) is 0 Å². The lowest BCUT2D eigenvalue weighted by Gasteiger charge is -2.34. The van der Waals surface area contributed by atoms with Crippen LogP contribution in [0.4, 0.5) is 5.69 Å². The molecule has 4 heteroatoms. The zero-order valence-corrected chi connectivity index (χ0v) is 14.0. The quantitative estimate of drug-likeness (QED) is 0.849. The maximum atomic E-state index is 12.2. The molecule has 0 aromatic heterocycles. The number of benzene rings is 1. The van der Waals surface area contributed by atoms with Crippen LogP contribution in [0.25, 0.3) is 0 Å². The zero-order valence-electron chi connectivity index (χ0n) is 14.0. The van der Waals surface area contributed by atoms with E-state index in [1.807, 2.05) is 19.1 Å². The van der Waals surface area contributed by atoms with E-state index in [-0.39, 0.29) is 5.91 Å². The number of piperazine rings is 1. The fraction of sp³-hybridized carbons (Fsp3) is 0.500. The fourth-order valence-electron chi connectivity index (χ4n) is 2.77. The minimum Gasteiger partial charge on any atom is -0.325 e. The van der Waals surface area contributed by atoms with Crippen molar-refractivity contribution >= 4 is 11.6 Å². The van der Waals surface area contributed by atoms with Gasteiger partial charge in [0.2, 0.25) is 5.91 Å². The molecule has 0 bridgehead atoms. The molecule has 1 aliphatic heterocycles. The number of aryl methyl sites for hydroxylation is 1. The van der Waals surface area contributed by atoms with Gasteiger partial charge in [-0.1, -0.05) is 24.3 Å². The van der Waals surface area contributed by atoms with Crippen LogP contribution in [-0.2, 0) is 4.79 Å². The molecule has 1 heterocycles. The van der Waals surface area contributed by atoms with E-state index < -0.39 is 0 Å². The molecule has 22 heavy (non-hydrogen) atoms. The van der Waals surface area contributed by atoms with Gasteiger partial charge in [-0.25, -0.2) is 0 Å². The number of amides is 1. The smallest absolute Gasteiger partial charge is 0.238 e. The highest BCUT2D eigenvalue weighted by molar-refractivity contribution is 5.93. The van der Waals surface area contributed by atoms with Crippen LogP contribution in [0.5, 0.6) is 0 Å². The molecule has 0 aliphatic carbocycles. The molecule has 2 rings (SSSR count). The lowest BCUT2D eigenvalue weighted by Crippen LogP contribution is -2.48. The van der Waals surface area contributed by atoms with Gasteiger partial charge in [-0.2, -0.15) is 0 Å². The highest BCUT2D eigenvalue weighted by Gasteiger charge is 2.19. The van der Waals surface area contributed by atoms with Gasteiger partial charge >= 0.3 is 0 Å². The summed E-state index contributed by atoms with van der Waals surface area (Å²) in [6.45, 7) is 15.4. The standard InChI is InChI=1S/C18H27N3O/c1-14(2)12-20-8-10-21(11-9-20)13-18(22)19-17-7-5-6-15(3)16(17)4/h5-7H,1,8-13H2,2-4H3,(H,19,22). The van der Waals surface area contributed by atoms with Crippen LogP contribution in [0.1, 0.15) is 18.1 Å². The van der Waals surface area contributed by atoms with E-state index >= 15 is 0 Å². The van der Waals surface area contributed by atoms with Crippen molar-refractivity contribution in [2.24, 2.45) is 0 Å². The Kier molecular flexibility index (Phi) is 5.75. The van der Waals surface area contributed by atoms with Gasteiger partial charge in [0.1, 0.15) is 0 Å². The van der Waals surface area contributed by atoms with E-state index in [0.717, 1.165) is 44.0 Å². The molecular weight excluding hydrogens is 274 g/mol. The van der Waals surface area contributed by atoms with E-state index in [0.29, 0.717) is 6.54 Å². The number of hydrogen-bond acceptors (Lipinski definition) is 3. The number of nitrogens with zero attached hydrogens (tertiary/aromatic N) is 2. The largest absolute Gasteiger partial charge is 0.325 e. The second-order valence-electron chi connectivity index (χ2n) is 6.31. The first kappa shape index (κ1) is 16.7. The van der Waals surface area contributed by atoms with Crippen molar-refractivity contribution in [1.82, 2.24) is 9.80 Å². The topological polar surface area (TPSA) is 35.6 Å². The van der Waals surface area contributed by atoms with Crippen molar-refractivity contribution in [2.45, 2.75) is 20.8 Å². The summed E-state index contributed by atoms with van der Waals surface area (Å²) in [5.74, 6) is 0.0713. The Morgan fingerprint density at radius 1 is 1.14 bits per heavy atom. The summed E-state index contributed by atoms with van der Waals surface area (Å²) in [5.41, 5.74) is 4.46. The molecule has 1 aromatic carbocycles. The summed E-state index contributed by atoms with van der Waals surface area (Å²) in [6, 6.07) is 6.01. The van der Waals surface area contributed by atoms with Crippen LogP contribution in [0.3, 0.4) is 0 Å². The molecule has 1 aromatic rings. The van der Waals surface area contributed by atoms with Gasteiger partial charge in [-0.15, -0.1) is 0 Å². The third-order valence-corrected chi connectivity index (χ3v) is 4.20. The second kappa shape index (κ2) is 7.56. The number of rotatable bonds is 5. The number of anilines is 1. The first-order valence-corrected chi connectivity index (χ1v) is 7.91. The van der Waals surface area contributed by atoms with Gasteiger partial charge in [-0.3, -0.25) is 14.6 Å². The maximum Gasteiger partial charge on any atom is 0.238 e. The van der Waals surface area contributed by atoms with Gasteiger partial charge in [0.25, 0.3) is 0 Å². The lowest BCUT2D eigenvalue weighted by molar-refractivity contribution is -0.117. The number of carbonyl (C=O) groups is 1. The predicted molar refractivity (Wildman–Crippen MR) is 92.2 cm³/mol. The van der Waals surface area contributed by atoms with Crippen molar-refractivity contribution in [3.05, 3.63) is 41.5 Å². The van der Waals surface area contributed by atoms with Gasteiger partial charge < -0.3 is 5.32 Å². The number of nitrogens with one attached hydrogen (secondary N) is 1. The Morgan fingerprint density at radius 3 is 2.32 bits per heavy atom.